The van der Waals surface area contributed by atoms with E-state index in [0.717, 1.165) is 37.7 Å². The van der Waals surface area contributed by atoms with E-state index in [0.29, 0.717) is 12.4 Å². The second-order valence-corrected chi connectivity index (χ2v) is 5.14. The van der Waals surface area contributed by atoms with Gasteiger partial charge in [0.1, 0.15) is 17.8 Å². The van der Waals surface area contributed by atoms with Gasteiger partial charge in [-0.05, 0) is 17.7 Å². The first-order chi connectivity index (χ1) is 11.2. The van der Waals surface area contributed by atoms with Crippen LogP contribution in [0.1, 0.15) is 5.56 Å². The summed E-state index contributed by atoms with van der Waals surface area (Å²) in [5.41, 5.74) is 0.995. The van der Waals surface area contributed by atoms with Gasteiger partial charge in [-0.25, -0.2) is 9.97 Å². The van der Waals surface area contributed by atoms with E-state index >= 15 is 0 Å². The fourth-order valence-corrected chi connectivity index (χ4v) is 2.29. The van der Waals surface area contributed by atoms with E-state index in [2.05, 4.69) is 20.2 Å². The van der Waals surface area contributed by atoms with Gasteiger partial charge in [0.2, 0.25) is 0 Å². The molecular weight excluding hydrogens is 298 g/mol. The van der Waals surface area contributed by atoms with Gasteiger partial charge in [0.25, 0.3) is 5.69 Å². The zero-order valence-corrected chi connectivity index (χ0v) is 12.5. The van der Waals surface area contributed by atoms with Gasteiger partial charge in [-0.1, -0.05) is 6.07 Å². The lowest BCUT2D eigenvalue weighted by molar-refractivity contribution is -0.385. The molecule has 0 aliphatic carbocycles. The quantitative estimate of drug-likeness (QED) is 0.664. The Morgan fingerprint density at radius 1 is 1.17 bits per heavy atom. The van der Waals surface area contributed by atoms with E-state index < -0.39 is 4.92 Å². The Bertz CT molecular complexity index is 654. The molecule has 0 bridgehead atoms. The predicted octanol–water partition coefficient (Wildman–Crippen LogP) is 1.83. The van der Waals surface area contributed by atoms with Gasteiger partial charge in [0.05, 0.1) is 18.1 Å². The number of hydrogen-bond donors (Lipinski definition) is 1. The number of aromatic nitrogens is 2. The molecule has 8 nitrogen and oxygen atoms in total. The van der Waals surface area contributed by atoms with Crippen molar-refractivity contribution in [3.63, 3.8) is 0 Å². The molecular formula is C15H17N5O3. The fourth-order valence-electron chi connectivity index (χ4n) is 2.29. The second kappa shape index (κ2) is 7.01. The molecule has 0 atom stereocenters. The molecule has 8 heteroatoms. The van der Waals surface area contributed by atoms with Crippen LogP contribution in [0.15, 0.2) is 36.7 Å². The molecule has 1 N–H and O–H groups in total. The molecule has 1 fully saturated rings. The van der Waals surface area contributed by atoms with Crippen LogP contribution in [0.3, 0.4) is 0 Å². The molecule has 0 aromatic carbocycles. The Hall–Kier alpha value is -2.74. The lowest BCUT2D eigenvalue weighted by Gasteiger charge is -2.27. The van der Waals surface area contributed by atoms with Gasteiger partial charge in [-0.2, -0.15) is 0 Å². The maximum Gasteiger partial charge on any atom is 0.287 e. The van der Waals surface area contributed by atoms with E-state index in [1.54, 1.807) is 6.07 Å². The zero-order chi connectivity index (χ0) is 16.1. The highest BCUT2D eigenvalue weighted by Crippen LogP contribution is 2.15. The van der Waals surface area contributed by atoms with E-state index in [1.807, 2.05) is 18.3 Å². The Balaban J connectivity index is 1.56. The summed E-state index contributed by atoms with van der Waals surface area (Å²) in [6.07, 6.45) is 3.06. The predicted molar refractivity (Wildman–Crippen MR) is 85.5 cm³/mol. The Morgan fingerprint density at radius 3 is 2.61 bits per heavy atom. The number of nitro groups is 1. The summed E-state index contributed by atoms with van der Waals surface area (Å²) >= 11 is 0. The highest BCUT2D eigenvalue weighted by atomic mass is 16.6. The van der Waals surface area contributed by atoms with Gasteiger partial charge in [-0.15, -0.1) is 0 Å². The van der Waals surface area contributed by atoms with Crippen molar-refractivity contribution in [2.75, 3.05) is 36.5 Å². The maximum atomic E-state index is 10.6. The lowest BCUT2D eigenvalue weighted by atomic mass is 10.2. The molecule has 0 saturated carbocycles. The summed E-state index contributed by atoms with van der Waals surface area (Å²) in [5, 5.41) is 13.7. The van der Waals surface area contributed by atoms with Crippen molar-refractivity contribution in [3.05, 3.63) is 52.3 Å². The number of nitrogens with zero attached hydrogens (tertiary/aromatic N) is 4. The van der Waals surface area contributed by atoms with Crippen LogP contribution in [0.25, 0.3) is 0 Å². The maximum absolute atomic E-state index is 10.6. The summed E-state index contributed by atoms with van der Waals surface area (Å²) in [5.74, 6) is 1.54. The molecule has 1 saturated heterocycles. The highest BCUT2D eigenvalue weighted by molar-refractivity contribution is 5.42. The number of nitrogens with one attached hydrogen (secondary N) is 1. The van der Waals surface area contributed by atoms with Gasteiger partial charge >= 0.3 is 0 Å². The summed E-state index contributed by atoms with van der Waals surface area (Å²) in [6, 6.07) is 7.02. The van der Waals surface area contributed by atoms with E-state index in [4.69, 9.17) is 4.74 Å². The first-order valence-corrected chi connectivity index (χ1v) is 7.34. The number of hydrogen-bond acceptors (Lipinski definition) is 7. The minimum Gasteiger partial charge on any atom is -0.378 e. The third-order valence-electron chi connectivity index (χ3n) is 3.58. The third-order valence-corrected chi connectivity index (χ3v) is 3.58. The van der Waals surface area contributed by atoms with Crippen molar-refractivity contribution in [3.8, 4) is 0 Å². The van der Waals surface area contributed by atoms with Crippen molar-refractivity contribution in [1.82, 2.24) is 9.97 Å². The number of rotatable bonds is 5. The van der Waals surface area contributed by atoms with Crippen LogP contribution >= 0.6 is 0 Å². The van der Waals surface area contributed by atoms with Gasteiger partial charge in [0.15, 0.2) is 0 Å². The van der Waals surface area contributed by atoms with Crippen LogP contribution in [0.5, 0.6) is 0 Å². The van der Waals surface area contributed by atoms with Crippen molar-refractivity contribution in [1.29, 1.82) is 0 Å². The van der Waals surface area contributed by atoms with Gasteiger partial charge in [-0.3, -0.25) is 10.1 Å². The van der Waals surface area contributed by atoms with Crippen molar-refractivity contribution in [2.24, 2.45) is 0 Å². The molecule has 0 radical (unpaired) electrons. The van der Waals surface area contributed by atoms with E-state index in [1.165, 1.54) is 12.3 Å². The molecule has 0 amide bonds. The second-order valence-electron chi connectivity index (χ2n) is 5.14. The minimum absolute atomic E-state index is 0.0212. The summed E-state index contributed by atoms with van der Waals surface area (Å²) in [7, 11) is 0. The lowest BCUT2D eigenvalue weighted by Crippen LogP contribution is -2.36. The number of anilines is 2. The molecule has 0 spiro atoms. The molecule has 1 aliphatic rings. The Morgan fingerprint density at radius 2 is 2.00 bits per heavy atom. The monoisotopic (exact) mass is 315 g/mol. The standard InChI is InChI=1S/C15H17N5O3/c21-20(22)13-2-3-14(17-11-13)16-9-12-1-4-15(18-10-12)19-5-7-23-8-6-19/h1-4,10-11H,5-9H2,(H,16,17). The molecule has 2 aromatic rings. The van der Waals surface area contributed by atoms with Gasteiger partial charge < -0.3 is 15.0 Å². The van der Waals surface area contributed by atoms with Crippen LogP contribution in [-0.4, -0.2) is 41.2 Å². The third kappa shape index (κ3) is 3.92. The van der Waals surface area contributed by atoms with Gasteiger partial charge in [0, 0.05) is 31.9 Å². The molecule has 2 aromatic heterocycles. The SMILES string of the molecule is O=[N+]([O-])c1ccc(NCc2ccc(N3CCOCC3)nc2)nc1. The smallest absolute Gasteiger partial charge is 0.287 e. The number of ether oxygens (including phenoxy) is 1. The molecule has 120 valence electrons. The molecule has 0 unspecified atom stereocenters. The van der Waals surface area contributed by atoms with Crippen LogP contribution in [0.4, 0.5) is 17.3 Å². The average Bonchev–Trinajstić information content (AvgIpc) is 2.61. The van der Waals surface area contributed by atoms with Crippen LogP contribution < -0.4 is 10.2 Å². The van der Waals surface area contributed by atoms with Crippen LogP contribution in [-0.2, 0) is 11.3 Å². The normalized spacial score (nSPS) is 14.5. The summed E-state index contributed by atoms with van der Waals surface area (Å²) in [6.45, 7) is 3.74. The van der Waals surface area contributed by atoms with Crippen molar-refractivity contribution < 1.29 is 9.66 Å². The van der Waals surface area contributed by atoms with Crippen molar-refractivity contribution in [2.45, 2.75) is 6.54 Å². The van der Waals surface area contributed by atoms with E-state index in [-0.39, 0.29) is 5.69 Å². The summed E-state index contributed by atoms with van der Waals surface area (Å²) in [4.78, 5) is 20.8. The molecule has 3 heterocycles. The first-order valence-electron chi connectivity index (χ1n) is 7.34. The fraction of sp³-hybridized carbons (Fsp3) is 0.333. The Labute approximate surface area is 133 Å². The van der Waals surface area contributed by atoms with Crippen molar-refractivity contribution >= 4 is 17.3 Å². The molecule has 3 rings (SSSR count). The van der Waals surface area contributed by atoms with Crippen LogP contribution in [0, 0.1) is 10.1 Å². The first kappa shape index (κ1) is 15.2. The molecule has 23 heavy (non-hydrogen) atoms. The minimum atomic E-state index is -0.467. The molecule has 1 aliphatic heterocycles. The topological polar surface area (TPSA) is 93.4 Å². The zero-order valence-electron chi connectivity index (χ0n) is 12.5. The number of pyridine rings is 2. The highest BCUT2D eigenvalue weighted by Gasteiger charge is 2.12. The Kier molecular flexibility index (Phi) is 4.62. The number of morpholine rings is 1. The summed E-state index contributed by atoms with van der Waals surface area (Å²) < 4.78 is 5.33. The van der Waals surface area contributed by atoms with E-state index in [9.17, 15) is 10.1 Å². The largest absolute Gasteiger partial charge is 0.378 e. The van der Waals surface area contributed by atoms with Crippen LogP contribution in [0.2, 0.25) is 0 Å². The average molecular weight is 315 g/mol.